The van der Waals surface area contributed by atoms with E-state index in [9.17, 15) is 0 Å². The minimum Gasteiger partial charge on any atom is -0.368 e. The zero-order valence-corrected chi connectivity index (χ0v) is 13.5. The minimum absolute atomic E-state index is 0.0275. The van der Waals surface area contributed by atoms with Crippen LogP contribution in [0.1, 0.15) is 43.9 Å². The summed E-state index contributed by atoms with van der Waals surface area (Å²) in [6.07, 6.45) is 5.81. The lowest BCUT2D eigenvalue weighted by atomic mass is 9.81. The van der Waals surface area contributed by atoms with Crippen molar-refractivity contribution in [2.45, 2.75) is 51.2 Å². The van der Waals surface area contributed by atoms with Gasteiger partial charge in [0.25, 0.3) is 0 Å². The van der Waals surface area contributed by atoms with Crippen LogP contribution in [0.25, 0.3) is 10.9 Å². The molecule has 0 radical (unpaired) electrons. The molecule has 3 heterocycles. The second-order valence-corrected chi connectivity index (χ2v) is 6.65. The summed E-state index contributed by atoms with van der Waals surface area (Å²) in [5.74, 6) is 0. The van der Waals surface area contributed by atoms with E-state index >= 15 is 0 Å². The van der Waals surface area contributed by atoms with Gasteiger partial charge in [0, 0.05) is 17.4 Å². The van der Waals surface area contributed by atoms with Gasteiger partial charge in [0.2, 0.25) is 0 Å². The molecule has 1 N–H and O–H groups in total. The molecule has 0 spiro atoms. The van der Waals surface area contributed by atoms with E-state index in [0.29, 0.717) is 0 Å². The van der Waals surface area contributed by atoms with E-state index in [0.717, 1.165) is 39.1 Å². The predicted molar refractivity (Wildman–Crippen MR) is 90.3 cm³/mol. The van der Waals surface area contributed by atoms with Crippen LogP contribution in [0.4, 0.5) is 0 Å². The Morgan fingerprint density at radius 3 is 3.14 bits per heavy atom. The van der Waals surface area contributed by atoms with Crippen molar-refractivity contribution in [3.63, 3.8) is 0 Å². The molecule has 2 aromatic rings. The number of hydrogen-bond acceptors (Lipinski definition) is 2. The average Bonchev–Trinajstić information content (AvgIpc) is 2.89. The number of ether oxygens (including phenoxy) is 1. The first-order valence-corrected chi connectivity index (χ1v) is 8.81. The summed E-state index contributed by atoms with van der Waals surface area (Å²) in [7, 11) is 0. The smallest absolute Gasteiger partial charge is 0.108 e. The van der Waals surface area contributed by atoms with Crippen molar-refractivity contribution in [3.8, 4) is 0 Å². The van der Waals surface area contributed by atoms with Gasteiger partial charge in [-0.3, -0.25) is 0 Å². The van der Waals surface area contributed by atoms with E-state index in [-0.39, 0.29) is 5.60 Å². The van der Waals surface area contributed by atoms with Crippen LogP contribution < -0.4 is 5.32 Å². The molecular formula is C19H26N2O. The third-order valence-electron chi connectivity index (χ3n) is 5.38. The fraction of sp³-hybridized carbons (Fsp3) is 0.579. The van der Waals surface area contributed by atoms with Crippen LogP contribution in [0.5, 0.6) is 0 Å². The van der Waals surface area contributed by atoms with Crippen LogP contribution in [-0.4, -0.2) is 24.3 Å². The summed E-state index contributed by atoms with van der Waals surface area (Å²) in [6, 6.07) is 8.92. The number of nitrogens with one attached hydrogen (secondary N) is 1. The van der Waals surface area contributed by atoms with Gasteiger partial charge in [-0.05, 0) is 56.8 Å². The lowest BCUT2D eigenvalue weighted by Gasteiger charge is -2.42. The topological polar surface area (TPSA) is 26.2 Å². The van der Waals surface area contributed by atoms with Crippen molar-refractivity contribution in [3.05, 3.63) is 35.5 Å². The molecule has 1 aromatic heterocycles. The minimum atomic E-state index is -0.0275. The molecule has 0 fully saturated rings. The Morgan fingerprint density at radius 2 is 2.23 bits per heavy atom. The molecule has 3 nitrogen and oxygen atoms in total. The number of nitrogens with zero attached hydrogens (tertiary/aromatic N) is 1. The molecular weight excluding hydrogens is 272 g/mol. The molecule has 1 aromatic carbocycles. The van der Waals surface area contributed by atoms with Crippen molar-refractivity contribution < 1.29 is 4.74 Å². The van der Waals surface area contributed by atoms with Gasteiger partial charge in [0.05, 0.1) is 12.3 Å². The molecule has 3 heteroatoms. The number of fused-ring (bicyclic) bond motifs is 3. The fourth-order valence-electron chi connectivity index (χ4n) is 4.50. The Bertz CT molecular complexity index is 626. The predicted octanol–water partition coefficient (Wildman–Crippen LogP) is 3.59. The van der Waals surface area contributed by atoms with Crippen LogP contribution >= 0.6 is 0 Å². The first-order valence-electron chi connectivity index (χ1n) is 8.81. The molecule has 118 valence electrons. The maximum atomic E-state index is 6.43. The molecule has 0 aliphatic carbocycles. The molecule has 22 heavy (non-hydrogen) atoms. The van der Waals surface area contributed by atoms with Gasteiger partial charge in [-0.25, -0.2) is 0 Å². The Balaban J connectivity index is 1.77. The molecule has 1 atom stereocenters. The Hall–Kier alpha value is -1.32. The zero-order chi connectivity index (χ0) is 15.0. The molecule has 0 bridgehead atoms. The Morgan fingerprint density at radius 1 is 1.32 bits per heavy atom. The van der Waals surface area contributed by atoms with Crippen LogP contribution in [0.15, 0.2) is 24.3 Å². The monoisotopic (exact) mass is 298 g/mol. The van der Waals surface area contributed by atoms with E-state index in [1.165, 1.54) is 35.9 Å². The first kappa shape index (κ1) is 14.3. The molecule has 0 saturated carbocycles. The highest BCUT2D eigenvalue weighted by atomic mass is 16.5. The first-order chi connectivity index (χ1) is 10.9. The summed E-state index contributed by atoms with van der Waals surface area (Å²) < 4.78 is 8.99. The lowest BCUT2D eigenvalue weighted by Crippen LogP contribution is -2.41. The summed E-state index contributed by atoms with van der Waals surface area (Å²) in [4.78, 5) is 0. The van der Waals surface area contributed by atoms with Crippen molar-refractivity contribution in [2.24, 2.45) is 0 Å². The van der Waals surface area contributed by atoms with Gasteiger partial charge in [0.1, 0.15) is 5.60 Å². The third kappa shape index (κ3) is 2.10. The number of aromatic nitrogens is 1. The maximum Gasteiger partial charge on any atom is 0.108 e. The molecule has 0 saturated heterocycles. The summed E-state index contributed by atoms with van der Waals surface area (Å²) >= 11 is 0. The second-order valence-electron chi connectivity index (χ2n) is 6.65. The van der Waals surface area contributed by atoms with Gasteiger partial charge in [-0.15, -0.1) is 0 Å². The van der Waals surface area contributed by atoms with Gasteiger partial charge in [-0.2, -0.15) is 0 Å². The Kier molecular flexibility index (Phi) is 3.71. The molecule has 1 unspecified atom stereocenters. The normalized spacial score (nSPS) is 23.7. The van der Waals surface area contributed by atoms with Gasteiger partial charge < -0.3 is 14.6 Å². The van der Waals surface area contributed by atoms with E-state index in [1.54, 1.807) is 5.56 Å². The highest BCUT2D eigenvalue weighted by Crippen LogP contribution is 2.47. The zero-order valence-electron chi connectivity index (χ0n) is 13.5. The molecule has 4 rings (SSSR count). The van der Waals surface area contributed by atoms with Gasteiger partial charge in [-0.1, -0.05) is 25.1 Å². The largest absolute Gasteiger partial charge is 0.368 e. The fourth-order valence-corrected chi connectivity index (χ4v) is 4.50. The molecule has 2 aliphatic rings. The third-order valence-corrected chi connectivity index (χ3v) is 5.38. The molecule has 2 aliphatic heterocycles. The van der Waals surface area contributed by atoms with E-state index in [4.69, 9.17) is 4.74 Å². The van der Waals surface area contributed by atoms with Crippen molar-refractivity contribution in [1.82, 2.24) is 9.88 Å². The maximum absolute atomic E-state index is 6.43. The lowest BCUT2D eigenvalue weighted by molar-refractivity contribution is -0.0875. The highest BCUT2D eigenvalue weighted by Gasteiger charge is 2.43. The van der Waals surface area contributed by atoms with E-state index < -0.39 is 0 Å². The SMILES string of the molecule is CCNCCCC12CCCn3c1c(c1ccccc13)CCO2. The van der Waals surface area contributed by atoms with E-state index in [2.05, 4.69) is 41.1 Å². The van der Waals surface area contributed by atoms with Crippen molar-refractivity contribution >= 4 is 10.9 Å². The molecule has 0 amide bonds. The Labute approximate surface area is 132 Å². The van der Waals surface area contributed by atoms with E-state index in [1.807, 2.05) is 0 Å². The summed E-state index contributed by atoms with van der Waals surface area (Å²) in [5.41, 5.74) is 4.45. The number of aryl methyl sites for hydroxylation is 1. The van der Waals surface area contributed by atoms with Crippen molar-refractivity contribution in [1.29, 1.82) is 0 Å². The number of hydrogen-bond donors (Lipinski definition) is 1. The highest BCUT2D eigenvalue weighted by molar-refractivity contribution is 5.86. The standard InChI is InChI=1S/C19H26N2O/c1-2-20-12-5-10-19-11-6-13-21-17-8-4-3-7-15(17)16(18(19)21)9-14-22-19/h3-4,7-8,20H,2,5-6,9-14H2,1H3. The van der Waals surface area contributed by atoms with Crippen LogP contribution in [0, 0.1) is 0 Å². The average molecular weight is 298 g/mol. The summed E-state index contributed by atoms with van der Waals surface area (Å²) in [6.45, 7) is 6.35. The second kappa shape index (κ2) is 5.71. The number of para-hydroxylation sites is 1. The summed E-state index contributed by atoms with van der Waals surface area (Å²) in [5, 5.41) is 4.91. The quantitative estimate of drug-likeness (QED) is 0.854. The van der Waals surface area contributed by atoms with Crippen molar-refractivity contribution in [2.75, 3.05) is 19.7 Å². The van der Waals surface area contributed by atoms with Gasteiger partial charge >= 0.3 is 0 Å². The number of rotatable bonds is 5. The van der Waals surface area contributed by atoms with Gasteiger partial charge in [0.15, 0.2) is 0 Å². The van der Waals surface area contributed by atoms with Crippen LogP contribution in [-0.2, 0) is 23.3 Å². The number of benzene rings is 1. The van der Waals surface area contributed by atoms with Crippen LogP contribution in [0.3, 0.4) is 0 Å². The van der Waals surface area contributed by atoms with Crippen LogP contribution in [0.2, 0.25) is 0 Å².